The molecular formula is C13H11N5O4-2. The number of aromatic nitrogens is 3. The minimum atomic E-state index is -0.505. The normalized spacial score (nSPS) is 11.0. The molecule has 2 aromatic heterocycles. The van der Waals surface area contributed by atoms with E-state index >= 15 is 0 Å². The Morgan fingerprint density at radius 2 is 1.77 bits per heavy atom. The van der Waals surface area contributed by atoms with E-state index in [0.29, 0.717) is 22.4 Å². The van der Waals surface area contributed by atoms with Crippen molar-refractivity contribution < 1.29 is 10.4 Å². The lowest BCUT2D eigenvalue weighted by Crippen LogP contribution is -2.10. The molecule has 0 bridgehead atoms. The zero-order valence-electron chi connectivity index (χ0n) is 11.4. The van der Waals surface area contributed by atoms with E-state index in [1.807, 2.05) is 0 Å². The Hall–Kier alpha value is -2.72. The predicted molar refractivity (Wildman–Crippen MR) is 78.9 cm³/mol. The zero-order chi connectivity index (χ0) is 15.9. The molecule has 0 aliphatic rings. The summed E-state index contributed by atoms with van der Waals surface area (Å²) in [6.45, 7) is 1.74. The van der Waals surface area contributed by atoms with Crippen LogP contribution in [0.4, 0.5) is 11.4 Å². The number of nitrogens with zero attached hydrogens (tertiary/aromatic N) is 5. The van der Waals surface area contributed by atoms with Gasteiger partial charge in [0.15, 0.2) is 5.65 Å². The summed E-state index contributed by atoms with van der Waals surface area (Å²) >= 11 is 0. The van der Waals surface area contributed by atoms with Crippen LogP contribution in [0.1, 0.15) is 5.69 Å². The highest BCUT2D eigenvalue weighted by atomic mass is 16.8. The lowest BCUT2D eigenvalue weighted by atomic mass is 10.2. The van der Waals surface area contributed by atoms with Crippen LogP contribution in [-0.2, 0) is 0 Å². The molecule has 0 saturated carbocycles. The summed E-state index contributed by atoms with van der Waals surface area (Å²) in [5.74, 6) is 0. The van der Waals surface area contributed by atoms with Crippen molar-refractivity contribution in [1.29, 1.82) is 0 Å². The van der Waals surface area contributed by atoms with Crippen molar-refractivity contribution in [2.24, 2.45) is 0 Å². The smallest absolute Gasteiger partial charge is 0.163 e. The van der Waals surface area contributed by atoms with Crippen LogP contribution in [0.2, 0.25) is 0 Å². The zero-order valence-corrected chi connectivity index (χ0v) is 11.4. The van der Waals surface area contributed by atoms with Crippen LogP contribution >= 0.6 is 0 Å². The fourth-order valence-electron chi connectivity index (χ4n) is 2.14. The van der Waals surface area contributed by atoms with Crippen molar-refractivity contribution in [3.8, 4) is 5.69 Å². The van der Waals surface area contributed by atoms with Gasteiger partial charge >= 0.3 is 0 Å². The number of aryl methyl sites for hydroxylation is 1. The number of pyridine rings is 1. The van der Waals surface area contributed by atoms with E-state index in [4.69, 9.17) is 10.4 Å². The first-order chi connectivity index (χ1) is 10.5. The molecule has 0 radical (unpaired) electrons. The fourth-order valence-corrected chi connectivity index (χ4v) is 2.14. The topological polar surface area (TPSA) is 124 Å². The number of anilines is 2. The van der Waals surface area contributed by atoms with Crippen molar-refractivity contribution in [1.82, 2.24) is 14.8 Å². The third kappa shape index (κ3) is 2.34. The van der Waals surface area contributed by atoms with Gasteiger partial charge in [-0.3, -0.25) is 10.4 Å². The number of benzene rings is 1. The maximum absolute atomic E-state index is 10.8. The average Bonchev–Trinajstić information content (AvgIpc) is 2.84. The maximum Gasteiger partial charge on any atom is 0.163 e. The van der Waals surface area contributed by atoms with Crippen LogP contribution in [-0.4, -0.2) is 25.2 Å². The molecule has 1 aromatic carbocycles. The standard InChI is InChI=1S/C13H11N5O4/c1-8-12-6-11(18(21)22)7-14-13(12)16(15-8)9-2-4-10(5-3-9)17(19)20/h2-7,19-20H,1H3/q-2. The van der Waals surface area contributed by atoms with E-state index in [-0.39, 0.29) is 16.6 Å². The van der Waals surface area contributed by atoms with Crippen LogP contribution in [0.15, 0.2) is 36.5 Å². The molecule has 3 aromatic rings. The van der Waals surface area contributed by atoms with E-state index in [0.717, 1.165) is 0 Å². The first-order valence-electron chi connectivity index (χ1n) is 6.25. The molecule has 114 valence electrons. The van der Waals surface area contributed by atoms with E-state index in [1.165, 1.54) is 29.1 Å². The Labute approximate surface area is 124 Å². The third-order valence-electron chi connectivity index (χ3n) is 3.23. The van der Waals surface area contributed by atoms with Crippen molar-refractivity contribution in [3.63, 3.8) is 0 Å². The van der Waals surface area contributed by atoms with Gasteiger partial charge in [-0.15, -0.1) is 5.23 Å². The molecule has 0 atom stereocenters. The molecule has 22 heavy (non-hydrogen) atoms. The van der Waals surface area contributed by atoms with Crippen LogP contribution in [0.3, 0.4) is 0 Å². The molecule has 2 heterocycles. The Morgan fingerprint density at radius 3 is 2.36 bits per heavy atom. The maximum atomic E-state index is 10.8. The molecule has 9 heteroatoms. The Balaban J connectivity index is 2.11. The average molecular weight is 301 g/mol. The van der Waals surface area contributed by atoms with Crippen LogP contribution < -0.4 is 10.5 Å². The lowest BCUT2D eigenvalue weighted by molar-refractivity contribution is 0.0291. The van der Waals surface area contributed by atoms with Crippen molar-refractivity contribution in [2.75, 3.05) is 10.5 Å². The SMILES string of the molecule is Cc1nn(-c2ccc(N(O)O)cc2)c2ncc(N([O-])[O-])cc12. The Bertz CT molecular complexity index is 813. The highest BCUT2D eigenvalue weighted by molar-refractivity contribution is 5.83. The van der Waals surface area contributed by atoms with Gasteiger partial charge < -0.3 is 15.6 Å². The van der Waals surface area contributed by atoms with Gasteiger partial charge in [-0.1, -0.05) is 0 Å². The summed E-state index contributed by atoms with van der Waals surface area (Å²) in [6.07, 6.45) is 1.18. The van der Waals surface area contributed by atoms with Crippen LogP contribution in [0.25, 0.3) is 16.7 Å². The highest BCUT2D eigenvalue weighted by Crippen LogP contribution is 2.25. The molecule has 0 spiro atoms. The molecule has 3 rings (SSSR count). The van der Waals surface area contributed by atoms with E-state index in [2.05, 4.69) is 10.1 Å². The summed E-state index contributed by atoms with van der Waals surface area (Å²) in [5, 5.41) is 43.9. The predicted octanol–water partition coefficient (Wildman–Crippen LogP) is 2.12. The number of hydrogen-bond acceptors (Lipinski definition) is 8. The van der Waals surface area contributed by atoms with Gasteiger partial charge in [-0.2, -0.15) is 5.10 Å². The third-order valence-corrected chi connectivity index (χ3v) is 3.23. The molecule has 0 saturated heterocycles. The summed E-state index contributed by atoms with van der Waals surface area (Å²) in [7, 11) is 0. The number of fused-ring (bicyclic) bond motifs is 1. The van der Waals surface area contributed by atoms with Crippen LogP contribution in [0, 0.1) is 17.3 Å². The Kier molecular flexibility index (Phi) is 3.39. The van der Waals surface area contributed by atoms with Crippen molar-refractivity contribution in [3.05, 3.63) is 52.6 Å². The second-order valence-electron chi connectivity index (χ2n) is 4.62. The summed E-state index contributed by atoms with van der Waals surface area (Å²) < 4.78 is 1.54. The molecule has 0 aliphatic heterocycles. The lowest BCUT2D eigenvalue weighted by Gasteiger charge is -2.36. The van der Waals surface area contributed by atoms with Gasteiger partial charge in [0, 0.05) is 11.1 Å². The van der Waals surface area contributed by atoms with Gasteiger partial charge in [0.25, 0.3) is 0 Å². The minimum absolute atomic E-state index is 0.0117. The quantitative estimate of drug-likeness (QED) is 0.705. The number of rotatable bonds is 3. The monoisotopic (exact) mass is 301 g/mol. The van der Waals surface area contributed by atoms with Gasteiger partial charge in [0.1, 0.15) is 0 Å². The molecule has 0 amide bonds. The number of hydrogen-bond donors (Lipinski definition) is 2. The molecule has 0 unspecified atom stereocenters. The van der Waals surface area contributed by atoms with E-state index in [1.54, 1.807) is 19.1 Å². The van der Waals surface area contributed by atoms with Gasteiger partial charge in [-0.25, -0.2) is 9.67 Å². The summed E-state index contributed by atoms with van der Waals surface area (Å²) in [4.78, 5) is 4.11. The minimum Gasteiger partial charge on any atom is -0.769 e. The molecular weight excluding hydrogens is 290 g/mol. The first kappa shape index (κ1) is 14.2. The fraction of sp³-hybridized carbons (Fsp3) is 0.0769. The van der Waals surface area contributed by atoms with Crippen molar-refractivity contribution in [2.45, 2.75) is 6.92 Å². The second-order valence-corrected chi connectivity index (χ2v) is 4.62. The highest BCUT2D eigenvalue weighted by Gasteiger charge is 2.11. The molecule has 2 N–H and O–H groups in total. The van der Waals surface area contributed by atoms with Gasteiger partial charge in [0.2, 0.25) is 0 Å². The molecule has 0 aliphatic carbocycles. The van der Waals surface area contributed by atoms with E-state index < -0.39 is 5.23 Å². The summed E-state index contributed by atoms with van der Waals surface area (Å²) in [6, 6.07) is 7.67. The molecule has 9 nitrogen and oxygen atoms in total. The summed E-state index contributed by atoms with van der Waals surface area (Å²) in [5.41, 5.74) is 1.84. The first-order valence-corrected chi connectivity index (χ1v) is 6.25. The van der Waals surface area contributed by atoms with Crippen molar-refractivity contribution >= 4 is 22.4 Å². The van der Waals surface area contributed by atoms with Gasteiger partial charge in [-0.05, 0) is 37.3 Å². The van der Waals surface area contributed by atoms with E-state index in [9.17, 15) is 10.4 Å². The van der Waals surface area contributed by atoms with Crippen LogP contribution in [0.5, 0.6) is 0 Å². The second kappa shape index (κ2) is 5.24. The van der Waals surface area contributed by atoms with Gasteiger partial charge in [0.05, 0.1) is 23.3 Å². The largest absolute Gasteiger partial charge is 0.769 e. The Morgan fingerprint density at radius 1 is 1.09 bits per heavy atom. The molecule has 0 fully saturated rings.